The van der Waals surface area contributed by atoms with Gasteiger partial charge in [0.2, 0.25) is 0 Å². The maximum Gasteiger partial charge on any atom is 0.0252 e. The first-order chi connectivity index (χ1) is 6.57. The molecule has 1 saturated heterocycles. The van der Waals surface area contributed by atoms with Gasteiger partial charge in [0.1, 0.15) is 0 Å². The van der Waals surface area contributed by atoms with E-state index in [1.165, 1.54) is 32.7 Å². The Morgan fingerprint density at radius 1 is 1.07 bits per heavy atom. The summed E-state index contributed by atoms with van der Waals surface area (Å²) in [4.78, 5) is 4.99. The zero-order valence-corrected chi connectivity index (χ0v) is 9.92. The molecule has 0 aliphatic carbocycles. The normalized spacial score (nSPS) is 24.9. The Kier molecular flexibility index (Phi) is 4.35. The highest BCUT2D eigenvalue weighted by molar-refractivity contribution is 4.83. The summed E-state index contributed by atoms with van der Waals surface area (Å²) < 4.78 is 0. The molecule has 3 nitrogen and oxygen atoms in total. The van der Waals surface area contributed by atoms with E-state index >= 15 is 0 Å². The van der Waals surface area contributed by atoms with Crippen molar-refractivity contribution < 1.29 is 0 Å². The molecule has 1 unspecified atom stereocenters. The number of nitrogens with two attached hydrogens (primary N) is 1. The lowest BCUT2D eigenvalue weighted by molar-refractivity contribution is 0.116. The summed E-state index contributed by atoms with van der Waals surface area (Å²) in [5.41, 5.74) is 6.15. The average Bonchev–Trinajstić information content (AvgIpc) is 2.19. The van der Waals surface area contributed by atoms with Crippen LogP contribution in [-0.2, 0) is 0 Å². The van der Waals surface area contributed by atoms with Gasteiger partial charge in [0.15, 0.2) is 0 Å². The second-order valence-corrected chi connectivity index (χ2v) is 4.72. The summed E-state index contributed by atoms with van der Waals surface area (Å²) in [5, 5.41) is 0. The molecule has 0 aromatic carbocycles. The molecule has 0 aromatic rings. The largest absolute Gasteiger partial charge is 0.324 e. The molecule has 0 amide bonds. The van der Waals surface area contributed by atoms with E-state index in [1.807, 2.05) is 0 Å². The highest BCUT2D eigenvalue weighted by Gasteiger charge is 2.22. The van der Waals surface area contributed by atoms with Gasteiger partial charge in [-0.1, -0.05) is 13.8 Å². The van der Waals surface area contributed by atoms with Crippen LogP contribution in [0.3, 0.4) is 0 Å². The van der Waals surface area contributed by atoms with Crippen LogP contribution in [0.1, 0.15) is 27.2 Å². The van der Waals surface area contributed by atoms with Crippen LogP contribution in [0.5, 0.6) is 0 Å². The highest BCUT2D eigenvalue weighted by atomic mass is 15.3. The topological polar surface area (TPSA) is 32.5 Å². The summed E-state index contributed by atoms with van der Waals surface area (Å²) in [6.07, 6.45) is 1.06. The van der Waals surface area contributed by atoms with Crippen molar-refractivity contribution in [3.63, 3.8) is 0 Å². The minimum Gasteiger partial charge on any atom is -0.324 e. The van der Waals surface area contributed by atoms with Gasteiger partial charge < -0.3 is 10.6 Å². The monoisotopic (exact) mass is 199 g/mol. The molecule has 3 heteroatoms. The predicted molar refractivity (Wildman–Crippen MR) is 61.4 cm³/mol. The van der Waals surface area contributed by atoms with Crippen molar-refractivity contribution in [2.75, 3.05) is 39.3 Å². The number of piperazine rings is 1. The van der Waals surface area contributed by atoms with Gasteiger partial charge in [-0.3, -0.25) is 4.90 Å². The lowest BCUT2D eigenvalue weighted by Crippen LogP contribution is -2.53. The maximum absolute atomic E-state index is 6.16. The van der Waals surface area contributed by atoms with E-state index in [1.54, 1.807) is 0 Å². The molecule has 1 aliphatic rings. The molecule has 1 heterocycles. The van der Waals surface area contributed by atoms with Gasteiger partial charge >= 0.3 is 0 Å². The summed E-state index contributed by atoms with van der Waals surface area (Å²) in [6.45, 7) is 13.5. The summed E-state index contributed by atoms with van der Waals surface area (Å²) in [7, 11) is 0. The Balaban J connectivity index is 2.28. The van der Waals surface area contributed by atoms with Gasteiger partial charge in [-0.15, -0.1) is 0 Å². The average molecular weight is 199 g/mol. The van der Waals surface area contributed by atoms with E-state index < -0.39 is 0 Å². The van der Waals surface area contributed by atoms with E-state index in [9.17, 15) is 0 Å². The quantitative estimate of drug-likeness (QED) is 0.725. The zero-order chi connectivity index (χ0) is 10.6. The Morgan fingerprint density at radius 2 is 1.57 bits per heavy atom. The predicted octanol–water partition coefficient (Wildman–Crippen LogP) is 0.751. The Morgan fingerprint density at radius 3 is 2.00 bits per heavy atom. The van der Waals surface area contributed by atoms with Crippen LogP contribution in [0, 0.1) is 0 Å². The van der Waals surface area contributed by atoms with Gasteiger partial charge in [-0.05, 0) is 19.9 Å². The van der Waals surface area contributed by atoms with Crippen molar-refractivity contribution in [3.05, 3.63) is 0 Å². The maximum atomic E-state index is 6.16. The lowest BCUT2D eigenvalue weighted by atomic mass is 9.99. The van der Waals surface area contributed by atoms with Crippen LogP contribution < -0.4 is 5.73 Å². The molecule has 0 saturated carbocycles. The van der Waals surface area contributed by atoms with Crippen molar-refractivity contribution in [2.45, 2.75) is 32.7 Å². The number of nitrogens with zero attached hydrogens (tertiary/aromatic N) is 2. The number of hydrogen-bond acceptors (Lipinski definition) is 3. The first kappa shape index (κ1) is 12.0. The second kappa shape index (κ2) is 5.10. The smallest absolute Gasteiger partial charge is 0.0252 e. The van der Waals surface area contributed by atoms with E-state index in [4.69, 9.17) is 5.73 Å². The standard InChI is InChI=1S/C11H25N3/c1-4-11(3,12)10-14-8-6-13(5-2)7-9-14/h4-10,12H2,1-3H3. The Labute approximate surface area is 88.2 Å². The summed E-state index contributed by atoms with van der Waals surface area (Å²) in [5.74, 6) is 0. The number of rotatable bonds is 4. The fourth-order valence-corrected chi connectivity index (χ4v) is 1.89. The fourth-order valence-electron chi connectivity index (χ4n) is 1.89. The van der Waals surface area contributed by atoms with E-state index in [2.05, 4.69) is 30.6 Å². The van der Waals surface area contributed by atoms with E-state index in [0.29, 0.717) is 0 Å². The molecule has 1 aliphatic heterocycles. The molecule has 2 N–H and O–H groups in total. The Bertz CT molecular complexity index is 160. The van der Waals surface area contributed by atoms with Crippen LogP contribution in [-0.4, -0.2) is 54.6 Å². The first-order valence-electron chi connectivity index (χ1n) is 5.81. The van der Waals surface area contributed by atoms with Crippen LogP contribution in [0.4, 0.5) is 0 Å². The molecule has 0 radical (unpaired) electrons. The number of hydrogen-bond donors (Lipinski definition) is 1. The molecule has 0 spiro atoms. The van der Waals surface area contributed by atoms with Gasteiger partial charge in [0.05, 0.1) is 0 Å². The lowest BCUT2D eigenvalue weighted by Gasteiger charge is -2.38. The van der Waals surface area contributed by atoms with E-state index in [-0.39, 0.29) is 5.54 Å². The van der Waals surface area contributed by atoms with Gasteiger partial charge in [-0.25, -0.2) is 0 Å². The van der Waals surface area contributed by atoms with Crippen LogP contribution in [0.25, 0.3) is 0 Å². The van der Waals surface area contributed by atoms with Crippen molar-refractivity contribution >= 4 is 0 Å². The van der Waals surface area contributed by atoms with Crippen molar-refractivity contribution in [1.29, 1.82) is 0 Å². The molecule has 1 fully saturated rings. The van der Waals surface area contributed by atoms with Crippen molar-refractivity contribution in [2.24, 2.45) is 5.73 Å². The van der Waals surface area contributed by atoms with E-state index in [0.717, 1.165) is 13.0 Å². The zero-order valence-electron chi connectivity index (χ0n) is 9.92. The van der Waals surface area contributed by atoms with Crippen molar-refractivity contribution in [3.8, 4) is 0 Å². The summed E-state index contributed by atoms with van der Waals surface area (Å²) >= 11 is 0. The summed E-state index contributed by atoms with van der Waals surface area (Å²) in [6, 6.07) is 0. The highest BCUT2D eigenvalue weighted by Crippen LogP contribution is 2.10. The minimum absolute atomic E-state index is 0.00557. The SMILES string of the molecule is CCN1CCN(CC(C)(N)CC)CC1. The molecule has 1 rings (SSSR count). The molecule has 0 aromatic heterocycles. The fraction of sp³-hybridized carbons (Fsp3) is 1.00. The molecule has 14 heavy (non-hydrogen) atoms. The van der Waals surface area contributed by atoms with Gasteiger partial charge in [0, 0.05) is 38.3 Å². The third kappa shape index (κ3) is 3.56. The first-order valence-corrected chi connectivity index (χ1v) is 5.81. The molecular weight excluding hydrogens is 174 g/mol. The van der Waals surface area contributed by atoms with Gasteiger partial charge in [0.25, 0.3) is 0 Å². The third-order valence-corrected chi connectivity index (χ3v) is 3.30. The van der Waals surface area contributed by atoms with Crippen molar-refractivity contribution in [1.82, 2.24) is 9.80 Å². The molecule has 0 bridgehead atoms. The molecular formula is C11H25N3. The van der Waals surface area contributed by atoms with Gasteiger partial charge in [-0.2, -0.15) is 0 Å². The van der Waals surface area contributed by atoms with Crippen LogP contribution >= 0.6 is 0 Å². The number of likely N-dealkylation sites (N-methyl/N-ethyl adjacent to an activating group) is 1. The second-order valence-electron chi connectivity index (χ2n) is 4.72. The van der Waals surface area contributed by atoms with Crippen LogP contribution in [0.15, 0.2) is 0 Å². The Hall–Kier alpha value is -0.120. The molecule has 1 atom stereocenters. The minimum atomic E-state index is -0.00557. The third-order valence-electron chi connectivity index (χ3n) is 3.30. The molecule has 84 valence electrons. The van der Waals surface area contributed by atoms with Crippen LogP contribution in [0.2, 0.25) is 0 Å².